The maximum atomic E-state index is 13.7. The van der Waals surface area contributed by atoms with Crippen molar-refractivity contribution in [2.24, 2.45) is 0 Å². The molecule has 0 spiro atoms. The van der Waals surface area contributed by atoms with Crippen LogP contribution in [0.2, 0.25) is 0 Å². The van der Waals surface area contributed by atoms with E-state index in [1.807, 2.05) is 0 Å². The highest BCUT2D eigenvalue weighted by atomic mass is 32.2. The molecule has 0 bridgehead atoms. The van der Waals surface area contributed by atoms with Crippen LogP contribution < -0.4 is 4.72 Å². The molecule has 3 nitrogen and oxygen atoms in total. The van der Waals surface area contributed by atoms with Gasteiger partial charge in [-0.2, -0.15) is 13.2 Å². The fraction of sp³-hybridized carbons (Fsp3) is 0.571. The molecule has 0 aromatic heterocycles. The second kappa shape index (κ2) is 5.58. The largest absolute Gasteiger partial charge is 0.419 e. The van der Waals surface area contributed by atoms with Crippen LogP contribution in [0.1, 0.15) is 31.9 Å². The van der Waals surface area contributed by atoms with Crippen molar-refractivity contribution in [2.45, 2.75) is 37.2 Å². The average molecular weight is 339 g/mol. The number of rotatable bonds is 3. The first kappa shape index (κ1) is 17.4. The second-order valence-corrected chi connectivity index (χ2v) is 8.22. The highest BCUT2D eigenvalue weighted by Crippen LogP contribution is 2.36. The Morgan fingerprint density at radius 1 is 1.23 bits per heavy atom. The Balaban J connectivity index is 2.33. The quantitative estimate of drug-likeness (QED) is 0.860. The van der Waals surface area contributed by atoms with E-state index in [-0.39, 0.29) is 13.2 Å². The highest BCUT2D eigenvalue weighted by molar-refractivity contribution is 7.84. The zero-order valence-corrected chi connectivity index (χ0v) is 13.2. The first-order chi connectivity index (χ1) is 9.96. The third-order valence-corrected chi connectivity index (χ3v) is 5.06. The average Bonchev–Trinajstić information content (AvgIpc) is 2.30. The molecule has 0 radical (unpaired) electrons. The first-order valence-electron chi connectivity index (χ1n) is 6.60. The van der Waals surface area contributed by atoms with Gasteiger partial charge in [-0.15, -0.1) is 0 Å². The fourth-order valence-corrected chi connectivity index (χ4v) is 2.86. The summed E-state index contributed by atoms with van der Waals surface area (Å²) in [4.78, 5) is 0. The standard InChI is InChI=1S/C14H17F4NO2S/c1-12(2,3)22(20)19-13(7-21-8-13)9-4-5-10(11(15)6-9)14(16,17)18/h4-6,19H,7-8H2,1-3H3. The predicted octanol–water partition coefficient (Wildman–Crippen LogP) is 3.12. The van der Waals surface area contributed by atoms with Gasteiger partial charge in [0.05, 0.1) is 34.5 Å². The van der Waals surface area contributed by atoms with Crippen LogP contribution in [-0.4, -0.2) is 22.2 Å². The summed E-state index contributed by atoms with van der Waals surface area (Å²) >= 11 is 0. The zero-order valence-electron chi connectivity index (χ0n) is 12.4. The van der Waals surface area contributed by atoms with Gasteiger partial charge in [0.25, 0.3) is 0 Å². The lowest BCUT2D eigenvalue weighted by Gasteiger charge is -2.43. The van der Waals surface area contributed by atoms with E-state index in [1.165, 1.54) is 6.07 Å². The smallest absolute Gasteiger partial charge is 0.377 e. The Bertz CT molecular complexity index is 591. The third kappa shape index (κ3) is 3.33. The molecule has 2 rings (SSSR count). The summed E-state index contributed by atoms with van der Waals surface area (Å²) in [5.74, 6) is -1.35. The molecule has 1 unspecified atom stereocenters. The van der Waals surface area contributed by atoms with Gasteiger partial charge >= 0.3 is 6.18 Å². The van der Waals surface area contributed by atoms with Gasteiger partial charge in [0, 0.05) is 0 Å². The Hall–Kier alpha value is -0.990. The maximum absolute atomic E-state index is 13.7. The van der Waals surface area contributed by atoms with Gasteiger partial charge in [0.2, 0.25) is 0 Å². The van der Waals surface area contributed by atoms with Crippen molar-refractivity contribution in [3.05, 3.63) is 35.1 Å². The molecule has 0 aliphatic carbocycles. The molecule has 22 heavy (non-hydrogen) atoms. The Morgan fingerprint density at radius 2 is 1.82 bits per heavy atom. The minimum atomic E-state index is -4.74. The number of benzene rings is 1. The number of hydrogen-bond acceptors (Lipinski definition) is 2. The molecule has 1 aliphatic heterocycles. The topological polar surface area (TPSA) is 38.3 Å². The van der Waals surface area contributed by atoms with Gasteiger partial charge in [0.15, 0.2) is 0 Å². The number of hydrogen-bond donors (Lipinski definition) is 1. The van der Waals surface area contributed by atoms with Crippen molar-refractivity contribution in [3.8, 4) is 0 Å². The fourth-order valence-electron chi connectivity index (χ4n) is 1.96. The molecule has 1 N–H and O–H groups in total. The molecular formula is C14H17F4NO2S. The summed E-state index contributed by atoms with van der Waals surface area (Å²) < 4.78 is 71.2. The number of ether oxygens (including phenoxy) is 1. The van der Waals surface area contributed by atoms with E-state index >= 15 is 0 Å². The molecule has 8 heteroatoms. The van der Waals surface area contributed by atoms with Crippen LogP contribution in [-0.2, 0) is 27.4 Å². The monoisotopic (exact) mass is 339 g/mol. The lowest BCUT2D eigenvalue weighted by Crippen LogP contribution is -2.60. The number of halogens is 4. The Morgan fingerprint density at radius 3 is 2.18 bits per heavy atom. The number of alkyl halides is 3. The molecule has 1 atom stereocenters. The highest BCUT2D eigenvalue weighted by Gasteiger charge is 2.44. The molecule has 1 aromatic carbocycles. The summed E-state index contributed by atoms with van der Waals surface area (Å²) in [6.45, 7) is 5.53. The third-order valence-electron chi connectivity index (χ3n) is 3.37. The normalized spacial score (nSPS) is 19.6. The molecular weight excluding hydrogens is 322 g/mol. The molecule has 0 amide bonds. The van der Waals surface area contributed by atoms with E-state index in [9.17, 15) is 21.8 Å². The zero-order chi connectivity index (χ0) is 16.8. The van der Waals surface area contributed by atoms with Crippen LogP contribution in [0, 0.1) is 5.82 Å². The van der Waals surface area contributed by atoms with Gasteiger partial charge in [0.1, 0.15) is 11.4 Å². The van der Waals surface area contributed by atoms with Crippen molar-refractivity contribution in [1.29, 1.82) is 0 Å². The lowest BCUT2D eigenvalue weighted by molar-refractivity contribution is -0.140. The molecule has 1 fully saturated rings. The molecule has 1 heterocycles. The summed E-state index contributed by atoms with van der Waals surface area (Å²) in [5.41, 5.74) is -1.95. The molecule has 0 saturated carbocycles. The van der Waals surface area contributed by atoms with Crippen LogP contribution in [0.3, 0.4) is 0 Å². The second-order valence-electron chi connectivity index (χ2n) is 6.25. The minimum Gasteiger partial charge on any atom is -0.377 e. The van der Waals surface area contributed by atoms with Crippen LogP contribution in [0.25, 0.3) is 0 Å². The summed E-state index contributed by atoms with van der Waals surface area (Å²) in [5, 5.41) is 0. The van der Waals surface area contributed by atoms with Crippen LogP contribution >= 0.6 is 0 Å². The van der Waals surface area contributed by atoms with Crippen molar-refractivity contribution in [1.82, 2.24) is 4.72 Å². The molecule has 1 saturated heterocycles. The van der Waals surface area contributed by atoms with Gasteiger partial charge in [-0.3, -0.25) is 0 Å². The van der Waals surface area contributed by atoms with Crippen LogP contribution in [0.15, 0.2) is 18.2 Å². The Labute approximate surface area is 128 Å². The van der Waals surface area contributed by atoms with Gasteiger partial charge in [-0.1, -0.05) is 6.07 Å². The van der Waals surface area contributed by atoms with Gasteiger partial charge in [-0.25, -0.2) is 13.3 Å². The van der Waals surface area contributed by atoms with E-state index in [0.29, 0.717) is 11.6 Å². The molecule has 124 valence electrons. The molecule has 1 aliphatic rings. The SMILES string of the molecule is CC(C)(C)S(=O)NC1(c2ccc(C(F)(F)F)c(F)c2)COC1. The van der Waals surface area contributed by atoms with E-state index in [2.05, 4.69) is 4.72 Å². The summed E-state index contributed by atoms with van der Waals surface area (Å²) in [6, 6.07) is 2.73. The lowest BCUT2D eigenvalue weighted by atomic mass is 9.88. The van der Waals surface area contributed by atoms with E-state index in [1.54, 1.807) is 20.8 Å². The summed E-state index contributed by atoms with van der Waals surface area (Å²) in [7, 11) is -1.46. The molecule has 1 aromatic rings. The van der Waals surface area contributed by atoms with Crippen molar-refractivity contribution in [3.63, 3.8) is 0 Å². The van der Waals surface area contributed by atoms with E-state index in [0.717, 1.165) is 6.07 Å². The van der Waals surface area contributed by atoms with Crippen molar-refractivity contribution < 1.29 is 26.5 Å². The van der Waals surface area contributed by atoms with Crippen molar-refractivity contribution in [2.75, 3.05) is 13.2 Å². The van der Waals surface area contributed by atoms with E-state index in [4.69, 9.17) is 4.74 Å². The van der Waals surface area contributed by atoms with Crippen LogP contribution in [0.4, 0.5) is 17.6 Å². The minimum absolute atomic E-state index is 0.125. The van der Waals surface area contributed by atoms with Crippen LogP contribution in [0.5, 0.6) is 0 Å². The first-order valence-corrected chi connectivity index (χ1v) is 7.75. The van der Waals surface area contributed by atoms with Gasteiger partial charge < -0.3 is 4.74 Å². The maximum Gasteiger partial charge on any atom is 0.419 e. The predicted molar refractivity (Wildman–Crippen MR) is 74.9 cm³/mol. The number of nitrogens with one attached hydrogen (secondary N) is 1. The van der Waals surface area contributed by atoms with Crippen molar-refractivity contribution >= 4 is 11.0 Å². The van der Waals surface area contributed by atoms with Gasteiger partial charge in [-0.05, 0) is 38.5 Å². The van der Waals surface area contributed by atoms with E-state index < -0.39 is 38.8 Å². The Kier molecular flexibility index (Phi) is 4.40. The summed E-state index contributed by atoms with van der Waals surface area (Å²) in [6.07, 6.45) is -4.74.